The monoisotopic (exact) mass is 423 g/mol. The molecule has 0 saturated carbocycles. The van der Waals surface area contributed by atoms with Crippen molar-refractivity contribution in [2.24, 2.45) is 0 Å². The molecule has 0 radical (unpaired) electrons. The summed E-state index contributed by atoms with van der Waals surface area (Å²) in [4.78, 5) is 15.8. The van der Waals surface area contributed by atoms with Gasteiger partial charge in [0.2, 0.25) is 5.91 Å². The molecule has 1 heterocycles. The van der Waals surface area contributed by atoms with Crippen LogP contribution in [0.1, 0.15) is 6.92 Å². The van der Waals surface area contributed by atoms with Crippen LogP contribution in [0.25, 0.3) is 10.2 Å². The van der Waals surface area contributed by atoms with E-state index >= 15 is 0 Å². The lowest BCUT2D eigenvalue weighted by Crippen LogP contribution is -2.14. The van der Waals surface area contributed by atoms with Gasteiger partial charge >= 0.3 is 0 Å². The highest BCUT2D eigenvalue weighted by Gasteiger charge is 2.18. The Morgan fingerprint density at radius 1 is 1.22 bits per heavy atom. The Kier molecular flexibility index (Phi) is 5.59. The second-order valence-corrected chi connectivity index (χ2v) is 9.28. The number of thioether (sulfide) groups is 1. The molecule has 1 amide bonds. The van der Waals surface area contributed by atoms with Crippen molar-refractivity contribution in [3.8, 4) is 5.75 Å². The van der Waals surface area contributed by atoms with Crippen molar-refractivity contribution < 1.29 is 17.9 Å². The highest BCUT2D eigenvalue weighted by molar-refractivity contribution is 8.00. The summed E-state index contributed by atoms with van der Waals surface area (Å²) in [6, 6.07) is 9.48. The molecular weight excluding hydrogens is 406 g/mol. The van der Waals surface area contributed by atoms with E-state index in [9.17, 15) is 13.2 Å². The average molecular weight is 424 g/mol. The number of anilines is 2. The number of amides is 1. The number of carbonyl (C=O) groups excluding carboxylic acids is 1. The normalized spacial score (nSPS) is 11.4. The smallest absolute Gasteiger partial charge is 0.261 e. The lowest BCUT2D eigenvalue weighted by Gasteiger charge is -2.12. The molecule has 0 bridgehead atoms. The molecule has 27 heavy (non-hydrogen) atoms. The summed E-state index contributed by atoms with van der Waals surface area (Å²) in [6.45, 7) is 1.34. The van der Waals surface area contributed by atoms with E-state index in [1.807, 2.05) is 6.26 Å². The highest BCUT2D eigenvalue weighted by Crippen LogP contribution is 2.32. The van der Waals surface area contributed by atoms with Crippen molar-refractivity contribution in [2.75, 3.05) is 23.4 Å². The number of aromatic nitrogens is 1. The lowest BCUT2D eigenvalue weighted by atomic mass is 10.3. The summed E-state index contributed by atoms with van der Waals surface area (Å²) in [5, 5.41) is 2.57. The first-order chi connectivity index (χ1) is 12.8. The largest absolute Gasteiger partial charge is 0.495 e. The molecule has 0 aliphatic carbocycles. The van der Waals surface area contributed by atoms with Gasteiger partial charge in [-0.2, -0.15) is 0 Å². The predicted molar refractivity (Wildman–Crippen MR) is 110 cm³/mol. The van der Waals surface area contributed by atoms with E-state index in [-0.39, 0.29) is 16.5 Å². The zero-order valence-corrected chi connectivity index (χ0v) is 17.2. The Bertz CT molecular complexity index is 1110. The zero-order valence-electron chi connectivity index (χ0n) is 14.8. The number of hydrogen-bond donors (Lipinski definition) is 2. The average Bonchev–Trinajstić information content (AvgIpc) is 3.03. The van der Waals surface area contributed by atoms with Crippen LogP contribution in [0.15, 0.2) is 45.6 Å². The number of methoxy groups -OCH3 is 1. The Morgan fingerprint density at radius 2 is 2.00 bits per heavy atom. The summed E-state index contributed by atoms with van der Waals surface area (Å²) in [7, 11) is -2.40. The van der Waals surface area contributed by atoms with Gasteiger partial charge in [0.1, 0.15) is 5.75 Å². The van der Waals surface area contributed by atoms with Gasteiger partial charge in [0.25, 0.3) is 10.0 Å². The number of thiazole rings is 1. The van der Waals surface area contributed by atoms with Gasteiger partial charge in [0.15, 0.2) is 4.34 Å². The third-order valence-corrected chi connectivity index (χ3v) is 6.97. The lowest BCUT2D eigenvalue weighted by molar-refractivity contribution is -0.114. The molecule has 3 aromatic rings. The van der Waals surface area contributed by atoms with Gasteiger partial charge in [-0.25, -0.2) is 13.4 Å². The number of carbonyl (C=O) groups is 1. The molecule has 0 aliphatic rings. The number of nitrogens with zero attached hydrogens (tertiary/aromatic N) is 1. The molecule has 142 valence electrons. The number of nitrogens with one attached hydrogen (secondary N) is 2. The van der Waals surface area contributed by atoms with Crippen molar-refractivity contribution in [1.82, 2.24) is 4.98 Å². The summed E-state index contributed by atoms with van der Waals surface area (Å²) in [5.41, 5.74) is 1.55. The van der Waals surface area contributed by atoms with Crippen LogP contribution in [0.5, 0.6) is 5.75 Å². The summed E-state index contributed by atoms with van der Waals surface area (Å²) in [6.07, 6.45) is 1.94. The number of fused-ring (bicyclic) bond motifs is 1. The molecule has 0 aliphatic heterocycles. The fraction of sp³-hybridized carbons (Fsp3) is 0.176. The molecule has 2 aromatic carbocycles. The fourth-order valence-corrected chi connectivity index (χ4v) is 5.01. The van der Waals surface area contributed by atoms with E-state index in [4.69, 9.17) is 4.74 Å². The van der Waals surface area contributed by atoms with Crippen molar-refractivity contribution in [2.45, 2.75) is 16.2 Å². The van der Waals surface area contributed by atoms with Crippen LogP contribution in [0.3, 0.4) is 0 Å². The molecule has 0 fully saturated rings. The van der Waals surface area contributed by atoms with Crippen molar-refractivity contribution in [3.05, 3.63) is 36.4 Å². The topological polar surface area (TPSA) is 97.4 Å². The summed E-state index contributed by atoms with van der Waals surface area (Å²) in [5.74, 6) is 0.0517. The van der Waals surface area contributed by atoms with Crippen molar-refractivity contribution in [1.29, 1.82) is 0 Å². The number of sulfonamides is 1. The molecule has 0 unspecified atom stereocenters. The van der Waals surface area contributed by atoms with E-state index in [0.717, 1.165) is 14.6 Å². The van der Waals surface area contributed by atoms with E-state index in [1.165, 1.54) is 43.6 Å². The minimum atomic E-state index is -3.84. The Labute approximate surface area is 165 Å². The maximum Gasteiger partial charge on any atom is 0.261 e. The predicted octanol–water partition coefficient (Wildman–Crippen LogP) is 3.79. The van der Waals surface area contributed by atoms with Crippen LogP contribution >= 0.6 is 23.1 Å². The first kappa shape index (κ1) is 19.5. The van der Waals surface area contributed by atoms with Crippen LogP contribution in [-0.4, -0.2) is 32.7 Å². The molecule has 0 spiro atoms. The van der Waals surface area contributed by atoms with E-state index in [2.05, 4.69) is 15.0 Å². The van der Waals surface area contributed by atoms with Crippen molar-refractivity contribution >= 4 is 60.6 Å². The van der Waals surface area contributed by atoms with Crippen LogP contribution in [0.4, 0.5) is 11.4 Å². The van der Waals surface area contributed by atoms with Crippen LogP contribution in [0.2, 0.25) is 0 Å². The van der Waals surface area contributed by atoms with Gasteiger partial charge in [-0.1, -0.05) is 11.8 Å². The van der Waals surface area contributed by atoms with Gasteiger partial charge < -0.3 is 10.1 Å². The quantitative estimate of drug-likeness (QED) is 0.586. The second-order valence-electron chi connectivity index (χ2n) is 5.52. The fourth-order valence-electron chi connectivity index (χ4n) is 2.41. The molecule has 1 aromatic heterocycles. The molecule has 3 rings (SSSR count). The number of rotatable bonds is 6. The van der Waals surface area contributed by atoms with Crippen molar-refractivity contribution in [3.63, 3.8) is 0 Å². The molecule has 0 atom stereocenters. The second kappa shape index (κ2) is 7.75. The standard InChI is InChI=1S/C17H17N3O4S3/c1-10(21)18-14-9-12(5-7-15(14)24-2)27(22,23)20-11-4-6-13-16(8-11)26-17(19-13)25-3/h4-9,20H,1-3H3,(H,18,21). The summed E-state index contributed by atoms with van der Waals surface area (Å²) >= 11 is 3.04. The molecule has 2 N–H and O–H groups in total. The highest BCUT2D eigenvalue weighted by atomic mass is 32.2. The SMILES string of the molecule is COc1ccc(S(=O)(=O)Nc2ccc3nc(SC)sc3c2)cc1NC(C)=O. The van der Waals surface area contributed by atoms with Gasteiger partial charge in [-0.3, -0.25) is 9.52 Å². The Hall–Kier alpha value is -2.30. The maximum absolute atomic E-state index is 12.8. The number of ether oxygens (including phenoxy) is 1. The van der Waals surface area contributed by atoms with Crippen LogP contribution in [-0.2, 0) is 14.8 Å². The third-order valence-electron chi connectivity index (χ3n) is 3.59. The molecule has 0 saturated heterocycles. The van der Waals surface area contributed by atoms with E-state index in [1.54, 1.807) is 30.0 Å². The maximum atomic E-state index is 12.8. The molecule has 7 nitrogen and oxygen atoms in total. The van der Waals surface area contributed by atoms with Crippen LogP contribution < -0.4 is 14.8 Å². The van der Waals surface area contributed by atoms with E-state index in [0.29, 0.717) is 11.4 Å². The van der Waals surface area contributed by atoms with Gasteiger partial charge in [0, 0.05) is 6.92 Å². The number of benzene rings is 2. The Balaban J connectivity index is 1.93. The van der Waals surface area contributed by atoms with Gasteiger partial charge in [0.05, 0.1) is 33.6 Å². The Morgan fingerprint density at radius 3 is 2.67 bits per heavy atom. The molecular formula is C17H17N3O4S3. The first-order valence-electron chi connectivity index (χ1n) is 7.75. The third kappa shape index (κ3) is 4.34. The zero-order chi connectivity index (χ0) is 19.6. The van der Waals surface area contributed by atoms with Gasteiger partial charge in [-0.15, -0.1) is 11.3 Å². The van der Waals surface area contributed by atoms with Crippen LogP contribution in [0, 0.1) is 0 Å². The summed E-state index contributed by atoms with van der Waals surface area (Å²) < 4.78 is 35.0. The van der Waals surface area contributed by atoms with Gasteiger partial charge in [-0.05, 0) is 42.7 Å². The minimum Gasteiger partial charge on any atom is -0.495 e. The number of hydrogen-bond acceptors (Lipinski definition) is 7. The molecule has 10 heteroatoms. The van der Waals surface area contributed by atoms with E-state index < -0.39 is 10.0 Å². The minimum absolute atomic E-state index is 0.0151. The first-order valence-corrected chi connectivity index (χ1v) is 11.3.